The number of hydrogen-bond acceptors (Lipinski definition) is 3. The van der Waals surface area contributed by atoms with Crippen molar-refractivity contribution in [1.82, 2.24) is 0 Å². The smallest absolute Gasteiger partial charge is 0.222 e. The van der Waals surface area contributed by atoms with E-state index in [0.717, 1.165) is 5.56 Å². The molecule has 0 aliphatic heterocycles. The van der Waals surface area contributed by atoms with E-state index in [-0.39, 0.29) is 17.1 Å². The Bertz CT molecular complexity index is 506. The van der Waals surface area contributed by atoms with Gasteiger partial charge in [-0.2, -0.15) is 0 Å². The first-order chi connectivity index (χ1) is 7.33. The van der Waals surface area contributed by atoms with Crippen LogP contribution in [0.25, 0.3) is 0 Å². The third kappa shape index (κ3) is 3.32. The fourth-order valence-electron chi connectivity index (χ4n) is 1.47. The molecule has 3 nitrogen and oxygen atoms in total. The zero-order valence-corrected chi connectivity index (χ0v) is 10.7. The van der Waals surface area contributed by atoms with Crippen LogP contribution in [0.4, 0.5) is 0 Å². The molecule has 0 radical (unpaired) electrons. The van der Waals surface area contributed by atoms with Crippen molar-refractivity contribution in [3.05, 3.63) is 29.3 Å². The first-order valence-electron chi connectivity index (χ1n) is 4.81. The normalized spacial score (nSPS) is 11.4. The van der Waals surface area contributed by atoms with E-state index in [1.54, 1.807) is 25.1 Å². The maximum atomic E-state index is 11.9. The molecule has 1 aromatic carbocycles. The third-order valence-electron chi connectivity index (χ3n) is 2.23. The quantitative estimate of drug-likeness (QED) is 0.780. The van der Waals surface area contributed by atoms with E-state index in [1.807, 2.05) is 6.92 Å². The van der Waals surface area contributed by atoms with Gasteiger partial charge in [0, 0.05) is 6.42 Å². The molecule has 5 heteroatoms. The monoisotopic (exact) mass is 260 g/mol. The second kappa shape index (κ2) is 4.97. The van der Waals surface area contributed by atoms with Crippen LogP contribution in [-0.4, -0.2) is 19.4 Å². The summed E-state index contributed by atoms with van der Waals surface area (Å²) in [7, 11) is -3.41. The van der Waals surface area contributed by atoms with Crippen LogP contribution in [0.5, 0.6) is 0 Å². The first kappa shape index (κ1) is 13.2. The molecule has 0 aromatic heterocycles. The molecule has 0 N–H and O–H groups in total. The van der Waals surface area contributed by atoms with Gasteiger partial charge in [0.2, 0.25) is 5.24 Å². The van der Waals surface area contributed by atoms with Gasteiger partial charge in [-0.25, -0.2) is 8.42 Å². The molecule has 0 saturated carbocycles. The largest absolute Gasteiger partial charge is 0.281 e. The van der Waals surface area contributed by atoms with Crippen molar-refractivity contribution in [2.45, 2.75) is 25.2 Å². The first-order valence-corrected chi connectivity index (χ1v) is 6.84. The van der Waals surface area contributed by atoms with Crippen LogP contribution in [0.1, 0.15) is 17.5 Å². The zero-order valence-electron chi connectivity index (χ0n) is 9.16. The summed E-state index contributed by atoms with van der Waals surface area (Å²) in [4.78, 5) is 10.8. The molecule has 0 fully saturated rings. The van der Waals surface area contributed by atoms with Gasteiger partial charge in [-0.05, 0) is 37.1 Å². The fourth-order valence-corrected chi connectivity index (χ4v) is 3.18. The summed E-state index contributed by atoms with van der Waals surface area (Å²) in [5, 5.41) is -0.631. The maximum Gasteiger partial charge on any atom is 0.222 e. The number of rotatable bonds is 4. The van der Waals surface area contributed by atoms with Crippen molar-refractivity contribution in [3.63, 3.8) is 0 Å². The molecule has 1 rings (SSSR count). The Kier molecular flexibility index (Phi) is 4.10. The molecule has 0 saturated heterocycles. The van der Waals surface area contributed by atoms with E-state index in [0.29, 0.717) is 5.56 Å². The molecule has 88 valence electrons. The lowest BCUT2D eigenvalue weighted by Crippen LogP contribution is -2.10. The van der Waals surface area contributed by atoms with Crippen LogP contribution in [0.3, 0.4) is 0 Å². The Balaban J connectivity index is 3.03. The lowest BCUT2D eigenvalue weighted by atomic mass is 10.2. The van der Waals surface area contributed by atoms with Crippen molar-refractivity contribution in [1.29, 1.82) is 0 Å². The van der Waals surface area contributed by atoms with Crippen molar-refractivity contribution >= 4 is 26.7 Å². The number of carbonyl (C=O) groups excluding carboxylic acids is 1. The van der Waals surface area contributed by atoms with E-state index in [2.05, 4.69) is 0 Å². The number of hydrogen-bond donors (Lipinski definition) is 0. The standard InChI is InChI=1S/C11H13ClO3S/c1-8-3-4-10(9(2)7-8)16(14,15)6-5-11(12)13/h3-4,7H,5-6H2,1-2H3. The average Bonchev–Trinajstić information content (AvgIpc) is 2.14. The highest BCUT2D eigenvalue weighted by Gasteiger charge is 2.17. The summed E-state index contributed by atoms with van der Waals surface area (Å²) in [5.74, 6) is -0.237. The van der Waals surface area contributed by atoms with Crippen LogP contribution in [-0.2, 0) is 14.6 Å². The Morgan fingerprint density at radius 3 is 2.44 bits per heavy atom. The highest BCUT2D eigenvalue weighted by molar-refractivity contribution is 7.91. The maximum absolute atomic E-state index is 11.9. The Labute approximate surface area is 100 Å². The zero-order chi connectivity index (χ0) is 12.3. The van der Waals surface area contributed by atoms with Crippen LogP contribution >= 0.6 is 11.6 Å². The van der Waals surface area contributed by atoms with Gasteiger partial charge >= 0.3 is 0 Å². The molecule has 0 aliphatic rings. The molecular weight excluding hydrogens is 248 g/mol. The molecule has 0 bridgehead atoms. The van der Waals surface area contributed by atoms with E-state index in [1.165, 1.54) is 0 Å². The van der Waals surface area contributed by atoms with Gasteiger partial charge in [0.15, 0.2) is 9.84 Å². The molecular formula is C11H13ClO3S. The molecule has 0 unspecified atom stereocenters. The number of halogens is 1. The second-order valence-corrected chi connectivity index (χ2v) is 6.19. The van der Waals surface area contributed by atoms with Crippen molar-refractivity contribution in [3.8, 4) is 0 Å². The molecule has 0 amide bonds. The molecule has 16 heavy (non-hydrogen) atoms. The number of aryl methyl sites for hydroxylation is 2. The van der Waals surface area contributed by atoms with E-state index in [9.17, 15) is 13.2 Å². The average molecular weight is 261 g/mol. The minimum absolute atomic E-state index is 0.156. The van der Waals surface area contributed by atoms with E-state index >= 15 is 0 Å². The van der Waals surface area contributed by atoms with Crippen LogP contribution < -0.4 is 0 Å². The van der Waals surface area contributed by atoms with Gasteiger partial charge in [0.1, 0.15) is 0 Å². The SMILES string of the molecule is Cc1ccc(S(=O)(=O)CCC(=O)Cl)c(C)c1. The summed E-state index contributed by atoms with van der Waals surface area (Å²) in [5.41, 5.74) is 1.70. The van der Waals surface area contributed by atoms with Crippen molar-refractivity contribution < 1.29 is 13.2 Å². The minimum Gasteiger partial charge on any atom is -0.281 e. The highest BCUT2D eigenvalue weighted by atomic mass is 35.5. The van der Waals surface area contributed by atoms with Crippen molar-refractivity contribution in [2.24, 2.45) is 0 Å². The summed E-state index contributed by atoms with van der Waals surface area (Å²) < 4.78 is 23.7. The molecule has 1 aromatic rings. The van der Waals surface area contributed by atoms with Gasteiger partial charge in [0.05, 0.1) is 10.6 Å². The lowest BCUT2D eigenvalue weighted by molar-refractivity contribution is -0.111. The number of sulfone groups is 1. The molecule has 0 spiro atoms. The summed E-state index contributed by atoms with van der Waals surface area (Å²) in [6, 6.07) is 5.11. The van der Waals surface area contributed by atoms with Gasteiger partial charge in [0.25, 0.3) is 0 Å². The van der Waals surface area contributed by atoms with Crippen molar-refractivity contribution in [2.75, 3.05) is 5.75 Å². The van der Waals surface area contributed by atoms with E-state index < -0.39 is 15.1 Å². The Morgan fingerprint density at radius 2 is 1.94 bits per heavy atom. The summed E-state index contributed by atoms with van der Waals surface area (Å²) in [6.07, 6.45) is -0.156. The van der Waals surface area contributed by atoms with Gasteiger partial charge in [-0.1, -0.05) is 17.7 Å². The Morgan fingerprint density at radius 1 is 1.31 bits per heavy atom. The number of benzene rings is 1. The van der Waals surface area contributed by atoms with Crippen LogP contribution in [0, 0.1) is 13.8 Å². The fraction of sp³-hybridized carbons (Fsp3) is 0.364. The van der Waals surface area contributed by atoms with Gasteiger partial charge < -0.3 is 0 Å². The molecule has 0 atom stereocenters. The molecule has 0 aliphatic carbocycles. The topological polar surface area (TPSA) is 51.2 Å². The van der Waals surface area contributed by atoms with Crippen LogP contribution in [0.15, 0.2) is 23.1 Å². The predicted octanol–water partition coefficient (Wildman–Crippen LogP) is 2.23. The highest BCUT2D eigenvalue weighted by Crippen LogP contribution is 2.18. The van der Waals surface area contributed by atoms with Crippen LogP contribution in [0.2, 0.25) is 0 Å². The number of carbonyl (C=O) groups is 1. The lowest BCUT2D eigenvalue weighted by Gasteiger charge is -2.07. The predicted molar refractivity (Wildman–Crippen MR) is 63.4 cm³/mol. The third-order valence-corrected chi connectivity index (χ3v) is 4.29. The minimum atomic E-state index is -3.41. The summed E-state index contributed by atoms with van der Waals surface area (Å²) in [6.45, 7) is 3.63. The Hall–Kier alpha value is -0.870. The van der Waals surface area contributed by atoms with E-state index in [4.69, 9.17) is 11.6 Å². The molecule has 0 heterocycles. The van der Waals surface area contributed by atoms with Gasteiger partial charge in [-0.15, -0.1) is 0 Å². The summed E-state index contributed by atoms with van der Waals surface area (Å²) >= 11 is 5.13. The second-order valence-electron chi connectivity index (χ2n) is 3.69. The van der Waals surface area contributed by atoms with Gasteiger partial charge in [-0.3, -0.25) is 4.79 Å².